The van der Waals surface area contributed by atoms with E-state index in [1.54, 1.807) is 0 Å². The second-order valence-electron chi connectivity index (χ2n) is 5.57. The van der Waals surface area contributed by atoms with Crippen molar-refractivity contribution in [3.63, 3.8) is 0 Å². The maximum atomic E-state index is 3.50. The van der Waals surface area contributed by atoms with Gasteiger partial charge in [0.15, 0.2) is 0 Å². The number of nitrogens with one attached hydrogen (secondary N) is 1. The van der Waals surface area contributed by atoms with Crippen molar-refractivity contribution in [2.24, 2.45) is 11.8 Å². The van der Waals surface area contributed by atoms with Crippen LogP contribution in [0, 0.1) is 11.8 Å². The molecule has 0 spiro atoms. The molecule has 1 aliphatic carbocycles. The van der Waals surface area contributed by atoms with Crippen molar-refractivity contribution in [1.29, 1.82) is 0 Å². The molecule has 1 heterocycles. The fourth-order valence-corrected chi connectivity index (χ4v) is 3.34. The van der Waals surface area contributed by atoms with Gasteiger partial charge in [0, 0.05) is 25.2 Å². The summed E-state index contributed by atoms with van der Waals surface area (Å²) in [5.41, 5.74) is 0. The molecule has 0 aromatic carbocycles. The smallest absolute Gasteiger partial charge is 0.0217 e. The number of nitrogens with zero attached hydrogens (tertiary/aromatic N) is 1. The number of likely N-dealkylation sites (N-methyl/N-ethyl adjacent to an activating group) is 1. The molecule has 2 heteroatoms. The quantitative estimate of drug-likeness (QED) is 0.747. The predicted octanol–water partition coefficient (Wildman–Crippen LogP) is 2.10. The van der Waals surface area contributed by atoms with Crippen molar-refractivity contribution in [1.82, 2.24) is 10.2 Å². The summed E-state index contributed by atoms with van der Waals surface area (Å²) in [6.07, 6.45) is 5.72. The third kappa shape index (κ3) is 2.36. The highest BCUT2D eigenvalue weighted by Gasteiger charge is 2.38. The molecule has 2 nitrogen and oxygen atoms in total. The van der Waals surface area contributed by atoms with Crippen molar-refractivity contribution >= 4 is 0 Å². The van der Waals surface area contributed by atoms with Crippen LogP contribution in [0.2, 0.25) is 0 Å². The lowest BCUT2D eigenvalue weighted by Gasteiger charge is -2.33. The lowest BCUT2D eigenvalue weighted by Crippen LogP contribution is -2.45. The van der Waals surface area contributed by atoms with E-state index < -0.39 is 0 Å². The second kappa shape index (κ2) is 4.84. The minimum Gasteiger partial charge on any atom is -0.315 e. The van der Waals surface area contributed by atoms with Gasteiger partial charge in [-0.15, -0.1) is 0 Å². The van der Waals surface area contributed by atoms with Crippen LogP contribution in [0.4, 0.5) is 0 Å². The molecule has 0 amide bonds. The number of piperidine rings is 1. The van der Waals surface area contributed by atoms with E-state index in [1.165, 1.54) is 38.8 Å². The first-order chi connectivity index (χ1) is 7.24. The molecule has 2 aliphatic rings. The van der Waals surface area contributed by atoms with E-state index in [9.17, 15) is 0 Å². The first kappa shape index (κ1) is 11.4. The number of hydrogen-bond donors (Lipinski definition) is 1. The fraction of sp³-hybridized carbons (Fsp3) is 1.00. The first-order valence-electron chi connectivity index (χ1n) is 6.65. The molecule has 4 atom stereocenters. The molecule has 1 aliphatic heterocycles. The van der Waals surface area contributed by atoms with Crippen LogP contribution in [0.1, 0.15) is 39.5 Å². The topological polar surface area (TPSA) is 15.3 Å². The van der Waals surface area contributed by atoms with Gasteiger partial charge in [-0.1, -0.05) is 20.3 Å². The highest BCUT2D eigenvalue weighted by molar-refractivity contribution is 4.93. The van der Waals surface area contributed by atoms with E-state index in [1.807, 2.05) is 0 Å². The lowest BCUT2D eigenvalue weighted by molar-refractivity contribution is 0.174. The van der Waals surface area contributed by atoms with Crippen LogP contribution in [0.25, 0.3) is 0 Å². The van der Waals surface area contributed by atoms with Crippen LogP contribution in [-0.4, -0.2) is 37.1 Å². The Morgan fingerprint density at radius 3 is 2.67 bits per heavy atom. The molecular weight excluding hydrogens is 184 g/mol. The molecule has 4 unspecified atom stereocenters. The van der Waals surface area contributed by atoms with Crippen LogP contribution in [0.3, 0.4) is 0 Å². The largest absolute Gasteiger partial charge is 0.315 e. The molecule has 0 aromatic heterocycles. The molecule has 2 bridgehead atoms. The van der Waals surface area contributed by atoms with Gasteiger partial charge in [-0.3, -0.25) is 4.90 Å². The van der Waals surface area contributed by atoms with Gasteiger partial charge in [0.05, 0.1) is 0 Å². The summed E-state index contributed by atoms with van der Waals surface area (Å²) in [5.74, 6) is 1.83. The van der Waals surface area contributed by atoms with Gasteiger partial charge in [-0.2, -0.15) is 0 Å². The van der Waals surface area contributed by atoms with Crippen LogP contribution < -0.4 is 5.32 Å². The van der Waals surface area contributed by atoms with Gasteiger partial charge in [0.1, 0.15) is 0 Å². The molecular formula is C13H26N2. The minimum absolute atomic E-state index is 0.689. The number of fused-ring (bicyclic) bond motifs is 2. The van der Waals surface area contributed by atoms with E-state index >= 15 is 0 Å². The highest BCUT2D eigenvalue weighted by Crippen LogP contribution is 2.37. The zero-order chi connectivity index (χ0) is 10.8. The molecule has 2 rings (SSSR count). The summed E-state index contributed by atoms with van der Waals surface area (Å²) >= 11 is 0. The Kier molecular flexibility index (Phi) is 3.68. The second-order valence-corrected chi connectivity index (χ2v) is 5.57. The van der Waals surface area contributed by atoms with Crippen molar-refractivity contribution in [3.8, 4) is 0 Å². The van der Waals surface area contributed by atoms with Gasteiger partial charge in [0.2, 0.25) is 0 Å². The van der Waals surface area contributed by atoms with Crippen molar-refractivity contribution < 1.29 is 0 Å². The van der Waals surface area contributed by atoms with Crippen molar-refractivity contribution in [2.45, 2.75) is 51.6 Å². The van der Waals surface area contributed by atoms with Gasteiger partial charge in [-0.05, 0) is 38.1 Å². The molecule has 0 aromatic rings. The Morgan fingerprint density at radius 2 is 2.20 bits per heavy atom. The fourth-order valence-electron chi connectivity index (χ4n) is 3.34. The predicted molar refractivity (Wildman–Crippen MR) is 65.0 cm³/mol. The summed E-state index contributed by atoms with van der Waals surface area (Å²) in [6, 6.07) is 1.62. The summed E-state index contributed by atoms with van der Waals surface area (Å²) in [4.78, 5) is 2.74. The maximum absolute atomic E-state index is 3.50. The molecule has 15 heavy (non-hydrogen) atoms. The molecule has 0 radical (unpaired) electrons. The molecule has 1 N–H and O–H groups in total. The molecule has 1 saturated heterocycles. The Hall–Kier alpha value is -0.0800. The van der Waals surface area contributed by atoms with Crippen LogP contribution in [-0.2, 0) is 0 Å². The Bertz CT molecular complexity index is 205. The van der Waals surface area contributed by atoms with Crippen LogP contribution in [0.5, 0.6) is 0 Å². The maximum Gasteiger partial charge on any atom is 0.0217 e. The van der Waals surface area contributed by atoms with Gasteiger partial charge in [-0.25, -0.2) is 0 Å². The SMILES string of the molecule is CCC(C)C(CN1CC2CCC1C2)NC. The zero-order valence-corrected chi connectivity index (χ0v) is 10.5. The Morgan fingerprint density at radius 1 is 1.40 bits per heavy atom. The Labute approximate surface area is 94.4 Å². The lowest BCUT2D eigenvalue weighted by atomic mass is 9.98. The Balaban J connectivity index is 1.84. The van der Waals surface area contributed by atoms with Crippen LogP contribution in [0.15, 0.2) is 0 Å². The van der Waals surface area contributed by atoms with Crippen LogP contribution >= 0.6 is 0 Å². The van der Waals surface area contributed by atoms with Gasteiger partial charge < -0.3 is 5.32 Å². The average molecular weight is 210 g/mol. The standard InChI is InChI=1S/C13H26N2/c1-4-10(2)13(14-3)9-15-8-11-5-6-12(15)7-11/h10-14H,4-9H2,1-3H3. The van der Waals surface area contributed by atoms with Gasteiger partial charge in [0.25, 0.3) is 0 Å². The van der Waals surface area contributed by atoms with Crippen molar-refractivity contribution in [2.75, 3.05) is 20.1 Å². The zero-order valence-electron chi connectivity index (χ0n) is 10.5. The average Bonchev–Trinajstić information content (AvgIpc) is 2.86. The van der Waals surface area contributed by atoms with E-state index in [-0.39, 0.29) is 0 Å². The first-order valence-corrected chi connectivity index (χ1v) is 6.65. The molecule has 88 valence electrons. The van der Waals surface area contributed by atoms with E-state index in [2.05, 4.69) is 31.1 Å². The molecule has 2 fully saturated rings. The monoisotopic (exact) mass is 210 g/mol. The third-order valence-electron chi connectivity index (χ3n) is 4.66. The summed E-state index contributed by atoms with van der Waals surface area (Å²) in [5, 5.41) is 3.50. The highest BCUT2D eigenvalue weighted by atomic mass is 15.2. The third-order valence-corrected chi connectivity index (χ3v) is 4.66. The van der Waals surface area contributed by atoms with E-state index in [0.717, 1.165) is 17.9 Å². The number of likely N-dealkylation sites (tertiary alicyclic amines) is 1. The van der Waals surface area contributed by atoms with E-state index in [4.69, 9.17) is 0 Å². The summed E-state index contributed by atoms with van der Waals surface area (Å²) in [7, 11) is 2.12. The number of rotatable bonds is 5. The normalized spacial score (nSPS) is 34.6. The molecule has 1 saturated carbocycles. The minimum atomic E-state index is 0.689. The van der Waals surface area contributed by atoms with Crippen molar-refractivity contribution in [3.05, 3.63) is 0 Å². The van der Waals surface area contributed by atoms with Gasteiger partial charge >= 0.3 is 0 Å². The number of hydrogen-bond acceptors (Lipinski definition) is 2. The summed E-state index contributed by atoms with van der Waals surface area (Å²) in [6.45, 7) is 7.31. The summed E-state index contributed by atoms with van der Waals surface area (Å²) < 4.78 is 0. The van der Waals surface area contributed by atoms with E-state index in [0.29, 0.717) is 6.04 Å².